The van der Waals surface area contributed by atoms with Crippen molar-refractivity contribution in [3.63, 3.8) is 0 Å². The summed E-state index contributed by atoms with van der Waals surface area (Å²) < 4.78 is 17.2. The van der Waals surface area contributed by atoms with E-state index in [1.807, 2.05) is 0 Å². The molecule has 0 aliphatic rings. The Labute approximate surface area is 371 Å². The van der Waals surface area contributed by atoms with Crippen LogP contribution in [0.5, 0.6) is 0 Å². The third-order valence-electron chi connectivity index (χ3n) is 11.6. The largest absolute Gasteiger partial charge is 0.544 e. The zero-order valence-electron chi connectivity index (χ0n) is 40.1. The van der Waals surface area contributed by atoms with Gasteiger partial charge in [0.25, 0.3) is 0 Å². The molecule has 0 amide bonds. The van der Waals surface area contributed by atoms with E-state index in [-0.39, 0.29) is 42.7 Å². The molecule has 0 aromatic heterocycles. The van der Waals surface area contributed by atoms with Gasteiger partial charge in [-0.1, -0.05) is 199 Å². The first-order valence-electron chi connectivity index (χ1n) is 25.4. The van der Waals surface area contributed by atoms with Crippen LogP contribution in [0.2, 0.25) is 0 Å². The lowest BCUT2D eigenvalue weighted by Gasteiger charge is -2.34. The summed E-state index contributed by atoms with van der Waals surface area (Å²) in [4.78, 5) is 37.0. The number of carbonyl (C=O) groups excluding carboxylic acids is 3. The normalized spacial score (nSPS) is 13.0. The predicted molar refractivity (Wildman–Crippen MR) is 250 cm³/mol. The van der Waals surface area contributed by atoms with Crippen LogP contribution < -0.4 is 5.11 Å². The average Bonchev–Trinajstić information content (AvgIpc) is 3.21. The number of likely N-dealkylation sites (N-methyl/N-ethyl adjacent to an activating group) is 1. The lowest BCUT2D eigenvalue weighted by molar-refractivity contribution is -0.889. The van der Waals surface area contributed by atoms with Gasteiger partial charge in [0.15, 0.2) is 6.10 Å². The number of carboxylic acids is 1. The van der Waals surface area contributed by atoms with Crippen molar-refractivity contribution in [3.05, 3.63) is 24.3 Å². The molecule has 0 aromatic rings. The molecule has 0 aromatic carbocycles. The highest BCUT2D eigenvalue weighted by Gasteiger charge is 2.25. The van der Waals surface area contributed by atoms with E-state index in [0.29, 0.717) is 12.8 Å². The number of carbonyl (C=O) groups is 3. The number of carboxylic acid groups (broad SMARTS) is 1. The van der Waals surface area contributed by atoms with Crippen LogP contribution in [0.4, 0.5) is 0 Å². The zero-order chi connectivity index (χ0) is 44.2. The zero-order valence-corrected chi connectivity index (χ0v) is 40.1. The van der Waals surface area contributed by atoms with Crippen LogP contribution in [0, 0.1) is 0 Å². The topological polar surface area (TPSA) is 102 Å². The SMILES string of the molecule is CCCCC/C=C\C/C=C\CCCCCCCCCCCC(=O)OC(COCCC(C(=O)[O-])[N+](C)(C)C)COC(=O)CCCCCCCCCCCCCCCCCCC. The summed E-state index contributed by atoms with van der Waals surface area (Å²) in [6, 6.07) is -0.724. The molecule has 0 spiro atoms. The van der Waals surface area contributed by atoms with E-state index in [4.69, 9.17) is 14.2 Å². The van der Waals surface area contributed by atoms with E-state index in [0.717, 1.165) is 44.9 Å². The lowest BCUT2D eigenvalue weighted by Crippen LogP contribution is -2.55. The molecule has 0 heterocycles. The Bertz CT molecular complexity index is 1040. The van der Waals surface area contributed by atoms with Gasteiger partial charge in [-0.05, 0) is 44.9 Å². The van der Waals surface area contributed by atoms with Crippen molar-refractivity contribution in [2.24, 2.45) is 0 Å². The Morgan fingerprint density at radius 2 is 0.883 bits per heavy atom. The highest BCUT2D eigenvalue weighted by molar-refractivity contribution is 5.70. The van der Waals surface area contributed by atoms with Crippen molar-refractivity contribution in [2.75, 3.05) is 41.0 Å². The second-order valence-corrected chi connectivity index (χ2v) is 18.4. The molecular formula is C52H97NO7. The van der Waals surface area contributed by atoms with Crippen LogP contribution in [0.1, 0.15) is 239 Å². The van der Waals surface area contributed by atoms with E-state index < -0.39 is 18.1 Å². The molecule has 0 aliphatic carbocycles. The Hall–Kier alpha value is -2.19. The molecule has 8 nitrogen and oxygen atoms in total. The number of rotatable bonds is 46. The molecule has 60 heavy (non-hydrogen) atoms. The van der Waals surface area contributed by atoms with E-state index in [9.17, 15) is 19.5 Å². The van der Waals surface area contributed by atoms with Gasteiger partial charge in [-0.3, -0.25) is 9.59 Å². The fourth-order valence-corrected chi connectivity index (χ4v) is 7.63. The summed E-state index contributed by atoms with van der Waals surface area (Å²) in [7, 11) is 5.42. The maximum Gasteiger partial charge on any atom is 0.306 e. The number of quaternary nitrogens is 1. The van der Waals surface area contributed by atoms with Gasteiger partial charge in [-0.15, -0.1) is 0 Å². The van der Waals surface area contributed by atoms with E-state index in [2.05, 4.69) is 38.2 Å². The molecule has 2 unspecified atom stereocenters. The maximum atomic E-state index is 12.8. The van der Waals surface area contributed by atoms with Crippen LogP contribution in [-0.2, 0) is 28.6 Å². The molecule has 0 aliphatic heterocycles. The standard InChI is InChI=1S/C52H97NO7/c1-6-8-10-12-14-16-18-20-22-24-25-27-29-31-33-35-37-39-41-43-51(55)60-48(46-58-45-44-49(52(56)57)53(3,4)5)47-59-50(54)42-40-38-36-34-32-30-28-26-23-21-19-17-15-13-11-9-7-2/h14,16,20,22,48-49H,6-13,15,17-19,21,23-47H2,1-5H3/b16-14-,22-20-. The van der Waals surface area contributed by atoms with E-state index >= 15 is 0 Å². The minimum atomic E-state index is -1.12. The minimum absolute atomic E-state index is 0.0435. The Morgan fingerprint density at radius 1 is 0.500 bits per heavy atom. The van der Waals surface area contributed by atoms with Gasteiger partial charge in [0.1, 0.15) is 12.6 Å². The number of allylic oxidation sites excluding steroid dienone is 4. The Kier molecular flexibility index (Phi) is 41.9. The van der Waals surface area contributed by atoms with Crippen molar-refractivity contribution < 1.29 is 38.2 Å². The number of hydrogen-bond acceptors (Lipinski definition) is 7. The number of esters is 2. The number of nitrogens with zero attached hydrogens (tertiary/aromatic N) is 1. The quantitative estimate of drug-likeness (QED) is 0.0260. The molecule has 0 bridgehead atoms. The van der Waals surface area contributed by atoms with Crippen LogP contribution in [0.15, 0.2) is 24.3 Å². The highest BCUT2D eigenvalue weighted by atomic mass is 16.6. The summed E-state index contributed by atoms with van der Waals surface area (Å²) in [5, 5.41) is 11.7. The average molecular weight is 848 g/mol. The summed E-state index contributed by atoms with van der Waals surface area (Å²) >= 11 is 0. The predicted octanol–water partition coefficient (Wildman–Crippen LogP) is 13.1. The molecule has 0 saturated carbocycles. The van der Waals surface area contributed by atoms with Gasteiger partial charge in [0.05, 0.1) is 40.3 Å². The fourth-order valence-electron chi connectivity index (χ4n) is 7.63. The lowest BCUT2D eigenvalue weighted by atomic mass is 10.0. The number of aliphatic carboxylic acids is 1. The van der Waals surface area contributed by atoms with Crippen LogP contribution >= 0.6 is 0 Å². The maximum absolute atomic E-state index is 12.8. The van der Waals surface area contributed by atoms with Gasteiger partial charge in [-0.2, -0.15) is 0 Å². The summed E-state index contributed by atoms with van der Waals surface area (Å²) in [6.07, 6.45) is 49.1. The molecule has 0 rings (SSSR count). The molecule has 2 atom stereocenters. The summed E-state index contributed by atoms with van der Waals surface area (Å²) in [6.45, 7) is 4.67. The van der Waals surface area contributed by atoms with Crippen LogP contribution in [0.3, 0.4) is 0 Å². The number of hydrogen-bond donors (Lipinski definition) is 0. The first-order valence-corrected chi connectivity index (χ1v) is 25.4. The van der Waals surface area contributed by atoms with Crippen molar-refractivity contribution in [3.8, 4) is 0 Å². The molecule has 0 fully saturated rings. The van der Waals surface area contributed by atoms with Gasteiger partial charge < -0.3 is 28.6 Å². The minimum Gasteiger partial charge on any atom is -0.544 e. The first-order chi connectivity index (χ1) is 29.1. The number of ether oxygens (including phenoxy) is 3. The first kappa shape index (κ1) is 57.8. The highest BCUT2D eigenvalue weighted by Crippen LogP contribution is 2.16. The van der Waals surface area contributed by atoms with E-state index in [1.54, 1.807) is 21.1 Å². The molecule has 0 radical (unpaired) electrons. The summed E-state index contributed by atoms with van der Waals surface area (Å²) in [5.41, 5.74) is 0. The fraction of sp³-hybridized carbons (Fsp3) is 0.865. The second kappa shape index (κ2) is 43.5. The summed E-state index contributed by atoms with van der Waals surface area (Å²) in [5.74, 6) is -1.72. The molecule has 352 valence electrons. The van der Waals surface area contributed by atoms with Gasteiger partial charge in [0.2, 0.25) is 0 Å². The van der Waals surface area contributed by atoms with Crippen molar-refractivity contribution in [1.82, 2.24) is 0 Å². The second-order valence-electron chi connectivity index (χ2n) is 18.4. The van der Waals surface area contributed by atoms with Crippen molar-refractivity contribution in [1.29, 1.82) is 0 Å². The van der Waals surface area contributed by atoms with Gasteiger partial charge in [0, 0.05) is 19.3 Å². The monoisotopic (exact) mass is 848 g/mol. The van der Waals surface area contributed by atoms with Crippen LogP contribution in [-0.4, -0.2) is 75.5 Å². The molecule has 8 heteroatoms. The van der Waals surface area contributed by atoms with E-state index in [1.165, 1.54) is 161 Å². The van der Waals surface area contributed by atoms with Crippen LogP contribution in [0.25, 0.3) is 0 Å². The van der Waals surface area contributed by atoms with Crippen molar-refractivity contribution >= 4 is 17.9 Å². The smallest absolute Gasteiger partial charge is 0.306 e. The molecule has 0 N–H and O–H groups in total. The van der Waals surface area contributed by atoms with Gasteiger partial charge >= 0.3 is 11.9 Å². The third kappa shape index (κ3) is 41.2. The van der Waals surface area contributed by atoms with Gasteiger partial charge in [-0.25, -0.2) is 0 Å². The molecule has 0 saturated heterocycles. The number of unbranched alkanes of at least 4 members (excludes halogenated alkanes) is 28. The van der Waals surface area contributed by atoms with Crippen molar-refractivity contribution in [2.45, 2.75) is 251 Å². The third-order valence-corrected chi connectivity index (χ3v) is 11.6. The molecular weight excluding hydrogens is 751 g/mol. The Balaban J connectivity index is 4.24. The Morgan fingerprint density at radius 3 is 1.32 bits per heavy atom.